The van der Waals surface area contributed by atoms with Crippen LogP contribution in [0.15, 0.2) is 167 Å². The number of esters is 1. The molecule has 4 aromatic rings. The van der Waals surface area contributed by atoms with Crippen LogP contribution >= 0.6 is 0 Å². The maximum Gasteiger partial charge on any atom is 0.312 e. The highest BCUT2D eigenvalue weighted by Gasteiger charge is 2.70. The quantitative estimate of drug-likeness (QED) is 0.104. The Morgan fingerprint density at radius 1 is 0.852 bits per heavy atom. The number of ketones is 1. The maximum atomic E-state index is 14.0. The summed E-state index contributed by atoms with van der Waals surface area (Å²) in [6, 6.07) is 39.3. The molecule has 0 radical (unpaired) electrons. The van der Waals surface area contributed by atoms with Crippen LogP contribution in [0.4, 0.5) is 0 Å². The van der Waals surface area contributed by atoms with Gasteiger partial charge >= 0.3 is 5.97 Å². The predicted molar refractivity (Wildman–Crippen MR) is 204 cm³/mol. The van der Waals surface area contributed by atoms with Gasteiger partial charge in [-0.25, -0.2) is 0 Å². The number of Topliss-reactive ketones (excluding diaryl/α,β-unsaturated/α-hetero) is 1. The van der Waals surface area contributed by atoms with Crippen LogP contribution in [-0.4, -0.2) is 45.5 Å². The Bertz CT molecular complexity index is 2070. The number of aliphatic hydroxyl groups is 2. The number of benzene rings is 4. The first kappa shape index (κ1) is 35.7. The molecule has 0 amide bonds. The molecule has 7 atom stereocenters. The zero-order valence-electron chi connectivity index (χ0n) is 30.5. The third-order valence-electron chi connectivity index (χ3n) is 12.1. The van der Waals surface area contributed by atoms with Gasteiger partial charge in [-0.3, -0.25) is 9.59 Å². The fourth-order valence-electron chi connectivity index (χ4n) is 9.63. The van der Waals surface area contributed by atoms with Gasteiger partial charge in [0, 0.05) is 24.7 Å². The average Bonchev–Trinajstić information content (AvgIpc) is 3.58. The molecule has 1 fully saturated rings. The highest BCUT2D eigenvalue weighted by Crippen LogP contribution is 2.62. The van der Waals surface area contributed by atoms with Crippen LogP contribution in [0.1, 0.15) is 48.9 Å². The van der Waals surface area contributed by atoms with Gasteiger partial charge in [-0.15, -0.1) is 5.11 Å². The summed E-state index contributed by atoms with van der Waals surface area (Å²) < 4.78 is 13.5. The molecule has 0 bridgehead atoms. The third-order valence-corrected chi connectivity index (χ3v) is 12.1. The van der Waals surface area contributed by atoms with Crippen LogP contribution in [0.25, 0.3) is 0 Å². The zero-order valence-corrected chi connectivity index (χ0v) is 30.5. The molecule has 8 rings (SSSR count). The van der Waals surface area contributed by atoms with Gasteiger partial charge in [0.15, 0.2) is 5.78 Å². The van der Waals surface area contributed by atoms with Crippen molar-refractivity contribution in [2.75, 3.05) is 6.61 Å². The molecule has 274 valence electrons. The van der Waals surface area contributed by atoms with Crippen molar-refractivity contribution in [1.82, 2.24) is 0 Å². The summed E-state index contributed by atoms with van der Waals surface area (Å²) in [5.74, 6) is -4.01. The molecule has 4 aliphatic rings. The molecule has 4 aromatic carbocycles. The second kappa shape index (κ2) is 13.5. The molecular weight excluding hydrogens is 677 g/mol. The van der Waals surface area contributed by atoms with Gasteiger partial charge in [0.2, 0.25) is 5.72 Å². The number of rotatable bonds is 9. The van der Waals surface area contributed by atoms with Gasteiger partial charge in [0.25, 0.3) is 0 Å². The van der Waals surface area contributed by atoms with Crippen LogP contribution in [0.2, 0.25) is 0 Å². The number of hydrogen-bond donors (Lipinski definition) is 2. The van der Waals surface area contributed by atoms with E-state index >= 15 is 0 Å². The maximum absolute atomic E-state index is 14.0. The fraction of sp³-hybridized carbons (Fsp3) is 0.304. The number of fused-ring (bicyclic) bond motifs is 5. The van der Waals surface area contributed by atoms with E-state index < -0.39 is 58.0 Å². The van der Waals surface area contributed by atoms with Crippen LogP contribution in [0.5, 0.6) is 0 Å². The predicted octanol–water partition coefficient (Wildman–Crippen LogP) is 7.67. The Morgan fingerprint density at radius 2 is 1.39 bits per heavy atom. The smallest absolute Gasteiger partial charge is 0.312 e. The van der Waals surface area contributed by atoms with Crippen LogP contribution in [0.3, 0.4) is 0 Å². The first-order chi connectivity index (χ1) is 26.0. The van der Waals surface area contributed by atoms with Crippen LogP contribution in [0, 0.1) is 23.7 Å². The Kier molecular flexibility index (Phi) is 8.96. The summed E-state index contributed by atoms with van der Waals surface area (Å²) in [5.41, 5.74) is -1.25. The summed E-state index contributed by atoms with van der Waals surface area (Å²) in [6.45, 7) is 7.78. The lowest BCUT2D eigenvalue weighted by Gasteiger charge is -2.55. The fourth-order valence-corrected chi connectivity index (χ4v) is 9.63. The molecule has 8 heteroatoms. The number of nitrogens with zero attached hydrogens (tertiary/aromatic N) is 2. The third kappa shape index (κ3) is 5.63. The minimum absolute atomic E-state index is 0.00468. The topological polar surface area (TPSA) is 118 Å². The lowest BCUT2D eigenvalue weighted by molar-refractivity contribution is -0.216. The van der Waals surface area contributed by atoms with Gasteiger partial charge in [-0.1, -0.05) is 147 Å². The van der Waals surface area contributed by atoms with E-state index in [4.69, 9.17) is 9.47 Å². The van der Waals surface area contributed by atoms with Crippen LogP contribution < -0.4 is 0 Å². The Labute approximate surface area is 315 Å². The standard InChI is InChI=1S/C46H44N2O6/c1-30-24-39-43(51,42(30)50)28-34(29-53-46(35-18-10-5-11-19-35,36-20-12-6-13-21-36)37-22-14-7-15-23-37)25-38-41-32(3)47-48-44(41,27-31(2)45(38,39)52)54-40(49)26-33-16-8-4-9-17-33/h4-25,31,38-39,41,51-52H,3,26-29H2,1-2H3/t31-,38+,39-,41+,43-,44+,45-/m1/s1. The molecule has 8 nitrogen and oxygen atoms in total. The van der Waals surface area contributed by atoms with Gasteiger partial charge in [-0.05, 0) is 46.2 Å². The van der Waals surface area contributed by atoms with E-state index in [0.29, 0.717) is 16.8 Å². The minimum Gasteiger partial charge on any atom is -0.434 e. The van der Waals surface area contributed by atoms with Crippen molar-refractivity contribution in [2.45, 2.75) is 55.6 Å². The Hall–Kier alpha value is -5.28. The van der Waals surface area contributed by atoms with Gasteiger partial charge < -0.3 is 19.7 Å². The first-order valence-corrected chi connectivity index (χ1v) is 18.6. The largest absolute Gasteiger partial charge is 0.434 e. The molecule has 1 saturated carbocycles. The number of ether oxygens (including phenoxy) is 2. The summed E-state index contributed by atoms with van der Waals surface area (Å²) in [7, 11) is 0. The summed E-state index contributed by atoms with van der Waals surface area (Å²) >= 11 is 0. The molecule has 2 N–H and O–H groups in total. The molecule has 0 saturated heterocycles. The summed E-state index contributed by atoms with van der Waals surface area (Å²) in [6.07, 6.45) is 3.72. The monoisotopic (exact) mass is 720 g/mol. The van der Waals surface area contributed by atoms with E-state index in [1.165, 1.54) is 0 Å². The molecule has 1 aliphatic heterocycles. The van der Waals surface area contributed by atoms with Crippen LogP contribution in [-0.2, 0) is 31.1 Å². The van der Waals surface area contributed by atoms with E-state index in [9.17, 15) is 19.8 Å². The van der Waals surface area contributed by atoms with Crippen molar-refractivity contribution in [3.8, 4) is 0 Å². The molecular formula is C46H44N2O6. The van der Waals surface area contributed by atoms with Gasteiger partial charge in [0.05, 0.1) is 30.2 Å². The normalized spacial score (nSPS) is 30.1. The highest BCUT2D eigenvalue weighted by atomic mass is 16.6. The second-order valence-electron chi connectivity index (χ2n) is 15.3. The molecule has 1 heterocycles. The van der Waals surface area contributed by atoms with E-state index in [1.807, 2.05) is 134 Å². The van der Waals surface area contributed by atoms with E-state index in [1.54, 1.807) is 13.0 Å². The van der Waals surface area contributed by atoms with Crippen molar-refractivity contribution < 1.29 is 29.3 Å². The van der Waals surface area contributed by atoms with Crippen molar-refractivity contribution >= 4 is 11.8 Å². The first-order valence-electron chi connectivity index (χ1n) is 18.6. The average molecular weight is 721 g/mol. The van der Waals surface area contributed by atoms with E-state index in [0.717, 1.165) is 22.3 Å². The molecule has 0 spiro atoms. The number of carbonyl (C=O) groups is 2. The minimum atomic E-state index is -1.94. The summed E-state index contributed by atoms with van der Waals surface area (Å²) in [4.78, 5) is 27.6. The van der Waals surface area contributed by atoms with Gasteiger partial charge in [-0.2, -0.15) is 5.11 Å². The molecule has 0 aromatic heterocycles. The number of azo groups is 1. The zero-order chi connectivity index (χ0) is 37.7. The van der Waals surface area contributed by atoms with Crippen molar-refractivity contribution in [3.63, 3.8) is 0 Å². The van der Waals surface area contributed by atoms with Crippen molar-refractivity contribution in [1.29, 1.82) is 0 Å². The second-order valence-corrected chi connectivity index (χ2v) is 15.3. The van der Waals surface area contributed by atoms with E-state index in [-0.39, 0.29) is 25.9 Å². The molecule has 3 aliphatic carbocycles. The lowest BCUT2D eigenvalue weighted by atomic mass is 9.54. The SMILES string of the molecule is C=C1N=N[C@]2(OC(=O)Cc3ccccc3)C[C@@H](C)[C@@]3(O)[C@@H](C=C(COC(c4ccccc4)(c4ccccc4)c4ccccc4)C[C@]4(O)C(=O)C(C)=C[C@@H]34)[C@H]12. The Balaban J connectivity index is 1.24. The van der Waals surface area contributed by atoms with Crippen molar-refractivity contribution in [2.24, 2.45) is 33.9 Å². The highest BCUT2D eigenvalue weighted by molar-refractivity contribution is 6.04. The van der Waals surface area contributed by atoms with E-state index in [2.05, 4.69) is 16.8 Å². The number of carbonyl (C=O) groups excluding carboxylic acids is 2. The summed E-state index contributed by atoms with van der Waals surface area (Å²) in [5, 5.41) is 34.7. The lowest BCUT2D eigenvalue weighted by Crippen LogP contribution is -2.65. The molecule has 0 unspecified atom stereocenters. The van der Waals surface area contributed by atoms with Gasteiger partial charge in [0.1, 0.15) is 11.2 Å². The van der Waals surface area contributed by atoms with Crippen molar-refractivity contribution in [3.05, 3.63) is 179 Å². The number of hydrogen-bond acceptors (Lipinski definition) is 8. The molecule has 54 heavy (non-hydrogen) atoms. The Morgan fingerprint density at radius 3 is 1.94 bits per heavy atom.